The maximum absolute atomic E-state index is 12.4. The van der Waals surface area contributed by atoms with E-state index >= 15 is 0 Å². The van der Waals surface area contributed by atoms with Crippen LogP contribution in [-0.4, -0.2) is 34.5 Å². The normalized spacial score (nSPS) is 11.3. The van der Waals surface area contributed by atoms with Gasteiger partial charge in [-0.15, -0.1) is 5.10 Å². The third kappa shape index (κ3) is 4.27. The Balaban J connectivity index is 1.92. The lowest BCUT2D eigenvalue weighted by atomic mass is 9.77. The van der Waals surface area contributed by atoms with E-state index in [2.05, 4.69) is 46.7 Å². The van der Waals surface area contributed by atoms with Gasteiger partial charge in [-0.1, -0.05) is 103 Å². The second-order valence-corrected chi connectivity index (χ2v) is 8.68. The highest BCUT2D eigenvalue weighted by Gasteiger charge is 2.41. The molecule has 1 N–H and O–H groups in total. The van der Waals surface area contributed by atoms with Gasteiger partial charge in [0.25, 0.3) is 0 Å². The molecule has 0 spiro atoms. The maximum Gasteiger partial charge on any atom is 0.413 e. The first kappa shape index (κ1) is 24.3. The second-order valence-electron chi connectivity index (χ2n) is 8.29. The fraction of sp³-hybridized carbons (Fsp3) is 0.138. The van der Waals surface area contributed by atoms with Crippen LogP contribution in [0.1, 0.15) is 23.6 Å². The lowest BCUT2D eigenvalue weighted by Crippen LogP contribution is -2.38. The highest BCUT2D eigenvalue weighted by atomic mass is 35.5. The van der Waals surface area contributed by atoms with Crippen molar-refractivity contribution in [3.63, 3.8) is 0 Å². The summed E-state index contributed by atoms with van der Waals surface area (Å²) in [6.07, 6.45) is -0.645. The van der Waals surface area contributed by atoms with Crippen molar-refractivity contribution in [1.29, 1.82) is 0 Å². The molecule has 0 aliphatic rings. The van der Waals surface area contributed by atoms with Crippen LogP contribution in [0.15, 0.2) is 97.1 Å². The molecule has 186 valence electrons. The highest BCUT2D eigenvalue weighted by Crippen LogP contribution is 2.45. The predicted molar refractivity (Wildman–Crippen MR) is 143 cm³/mol. The minimum atomic E-state index is -0.924. The van der Waals surface area contributed by atoms with E-state index in [0.717, 1.165) is 16.7 Å². The Hall–Kier alpha value is -4.36. The molecule has 2 aromatic heterocycles. The van der Waals surface area contributed by atoms with Gasteiger partial charge in [-0.2, -0.15) is 0 Å². The van der Waals surface area contributed by atoms with Crippen molar-refractivity contribution in [2.45, 2.75) is 12.5 Å². The average Bonchev–Trinajstić information content (AvgIpc) is 3.30. The smallest absolute Gasteiger partial charge is 0.413 e. The zero-order valence-corrected chi connectivity index (χ0v) is 21.1. The van der Waals surface area contributed by atoms with Crippen LogP contribution in [0.3, 0.4) is 0 Å². The van der Waals surface area contributed by atoms with E-state index in [1.165, 1.54) is 7.11 Å². The molecule has 0 saturated heterocycles. The monoisotopic (exact) mass is 512 g/mol. The van der Waals surface area contributed by atoms with Gasteiger partial charge in [0.2, 0.25) is 11.8 Å². The van der Waals surface area contributed by atoms with Crippen LogP contribution in [0.2, 0.25) is 5.15 Å². The van der Waals surface area contributed by atoms with E-state index in [4.69, 9.17) is 26.2 Å². The molecule has 0 fully saturated rings. The Morgan fingerprint density at radius 3 is 1.86 bits per heavy atom. The largest absolute Gasteiger partial charge is 0.479 e. The van der Waals surface area contributed by atoms with Crippen LogP contribution in [0, 0.1) is 0 Å². The summed E-state index contributed by atoms with van der Waals surface area (Å²) in [5.41, 5.74) is 2.58. The molecule has 8 heteroatoms. The number of hydrogen-bond acceptors (Lipinski definition) is 5. The molecule has 5 aromatic rings. The van der Waals surface area contributed by atoms with Gasteiger partial charge in [0, 0.05) is 12.6 Å². The standard InChI is InChI=1S/C29H25ClN4O3/c1-3-31-28(35)37-26-25-23(19-24(30)32-26)34(33-27(25)36-2)29(20-13-7-4-8-14-20,21-15-9-5-10-16-21)22-17-11-6-12-18-22/h4-19H,3H2,1-2H3,(H,31,35). The minimum absolute atomic E-state index is 0.0136. The molecule has 3 aromatic carbocycles. The first-order chi connectivity index (χ1) is 18.1. The Morgan fingerprint density at radius 1 is 0.892 bits per heavy atom. The Kier molecular flexibility index (Phi) is 6.79. The van der Waals surface area contributed by atoms with Gasteiger partial charge in [-0.05, 0) is 23.6 Å². The summed E-state index contributed by atoms with van der Waals surface area (Å²) in [7, 11) is 1.52. The molecule has 1 amide bonds. The molecule has 0 radical (unpaired) electrons. The van der Waals surface area contributed by atoms with Gasteiger partial charge in [0.05, 0.1) is 12.6 Å². The fourth-order valence-corrected chi connectivity index (χ4v) is 4.87. The molecule has 0 aliphatic heterocycles. The van der Waals surface area contributed by atoms with Crippen molar-refractivity contribution in [1.82, 2.24) is 20.1 Å². The number of methoxy groups -OCH3 is 1. The number of nitrogens with one attached hydrogen (secondary N) is 1. The first-order valence-electron chi connectivity index (χ1n) is 11.9. The van der Waals surface area contributed by atoms with Gasteiger partial charge < -0.3 is 14.8 Å². The molecule has 2 heterocycles. The van der Waals surface area contributed by atoms with Crippen molar-refractivity contribution in [3.8, 4) is 11.8 Å². The van der Waals surface area contributed by atoms with E-state index in [1.807, 2.05) is 59.3 Å². The number of hydrogen-bond donors (Lipinski definition) is 1. The van der Waals surface area contributed by atoms with Gasteiger partial charge in [-0.25, -0.2) is 14.5 Å². The number of nitrogens with zero attached hydrogens (tertiary/aromatic N) is 3. The van der Waals surface area contributed by atoms with E-state index in [-0.39, 0.29) is 16.9 Å². The second kappa shape index (κ2) is 10.3. The van der Waals surface area contributed by atoms with E-state index < -0.39 is 11.6 Å². The summed E-state index contributed by atoms with van der Waals surface area (Å²) in [5, 5.41) is 8.15. The van der Waals surface area contributed by atoms with Crippen molar-refractivity contribution < 1.29 is 14.3 Å². The topological polar surface area (TPSA) is 78.3 Å². The number of ether oxygens (including phenoxy) is 2. The summed E-state index contributed by atoms with van der Waals surface area (Å²) in [5.74, 6) is 0.269. The number of fused-ring (bicyclic) bond motifs is 1. The quantitative estimate of drug-likeness (QED) is 0.212. The third-order valence-electron chi connectivity index (χ3n) is 6.16. The molecular formula is C29H25ClN4O3. The van der Waals surface area contributed by atoms with Crippen LogP contribution >= 0.6 is 11.6 Å². The van der Waals surface area contributed by atoms with Crippen LogP contribution in [-0.2, 0) is 5.54 Å². The summed E-state index contributed by atoms with van der Waals surface area (Å²) < 4.78 is 13.1. The first-order valence-corrected chi connectivity index (χ1v) is 12.2. The maximum atomic E-state index is 12.4. The number of carbonyl (C=O) groups is 1. The SMILES string of the molecule is CCNC(=O)Oc1nc(Cl)cc2c1c(OC)nn2C(c1ccccc1)(c1ccccc1)c1ccccc1. The molecule has 37 heavy (non-hydrogen) atoms. The molecule has 0 saturated carbocycles. The number of carbonyl (C=O) groups excluding carboxylic acids is 1. The van der Waals surface area contributed by atoms with E-state index in [9.17, 15) is 4.79 Å². The molecule has 0 aliphatic carbocycles. The van der Waals surface area contributed by atoms with Crippen molar-refractivity contribution >= 4 is 28.6 Å². The lowest BCUT2D eigenvalue weighted by Gasteiger charge is -2.36. The molecule has 7 nitrogen and oxygen atoms in total. The summed E-state index contributed by atoms with van der Waals surface area (Å²) in [6.45, 7) is 2.20. The van der Waals surface area contributed by atoms with Crippen molar-refractivity contribution in [2.75, 3.05) is 13.7 Å². The average molecular weight is 513 g/mol. The predicted octanol–water partition coefficient (Wildman–Crippen LogP) is 6.04. The lowest BCUT2D eigenvalue weighted by molar-refractivity contribution is 0.200. The van der Waals surface area contributed by atoms with Crippen LogP contribution in [0.5, 0.6) is 11.8 Å². The number of amides is 1. The van der Waals surface area contributed by atoms with E-state index in [0.29, 0.717) is 17.4 Å². The molecule has 0 atom stereocenters. The Morgan fingerprint density at radius 2 is 1.41 bits per heavy atom. The molecular weight excluding hydrogens is 488 g/mol. The van der Waals surface area contributed by atoms with Crippen LogP contribution in [0.4, 0.5) is 4.79 Å². The third-order valence-corrected chi connectivity index (χ3v) is 6.36. The Labute approximate surface area is 219 Å². The minimum Gasteiger partial charge on any atom is -0.479 e. The number of halogens is 1. The molecule has 0 bridgehead atoms. The fourth-order valence-electron chi connectivity index (χ4n) is 4.69. The number of rotatable bonds is 7. The van der Waals surface area contributed by atoms with Gasteiger partial charge >= 0.3 is 6.09 Å². The van der Waals surface area contributed by atoms with Crippen LogP contribution < -0.4 is 14.8 Å². The van der Waals surface area contributed by atoms with Gasteiger partial charge in [0.15, 0.2) is 0 Å². The number of aromatic nitrogens is 3. The zero-order valence-electron chi connectivity index (χ0n) is 20.4. The molecule has 5 rings (SSSR count). The summed E-state index contributed by atoms with van der Waals surface area (Å²) >= 11 is 6.49. The van der Waals surface area contributed by atoms with Crippen molar-refractivity contribution in [2.24, 2.45) is 0 Å². The number of pyridine rings is 1. The van der Waals surface area contributed by atoms with Crippen LogP contribution in [0.25, 0.3) is 10.9 Å². The summed E-state index contributed by atoms with van der Waals surface area (Å²) in [6, 6.07) is 32.0. The summed E-state index contributed by atoms with van der Waals surface area (Å²) in [4.78, 5) is 16.6. The Bertz CT molecular complexity index is 1430. The zero-order chi connectivity index (χ0) is 25.8. The highest BCUT2D eigenvalue weighted by molar-refractivity contribution is 6.30. The molecule has 0 unspecified atom stereocenters. The number of benzene rings is 3. The van der Waals surface area contributed by atoms with E-state index in [1.54, 1.807) is 13.0 Å². The van der Waals surface area contributed by atoms with Crippen molar-refractivity contribution in [3.05, 3.63) is 119 Å². The van der Waals surface area contributed by atoms with Gasteiger partial charge in [0.1, 0.15) is 16.1 Å². The van der Waals surface area contributed by atoms with Gasteiger partial charge in [-0.3, -0.25) is 0 Å².